The fourth-order valence-electron chi connectivity index (χ4n) is 2.90. The number of carbonyl (C=O) groups is 2. The van der Waals surface area contributed by atoms with Gasteiger partial charge < -0.3 is 15.1 Å². The highest BCUT2D eigenvalue weighted by molar-refractivity contribution is 6.39. The zero-order valence-corrected chi connectivity index (χ0v) is 15.6. The van der Waals surface area contributed by atoms with Gasteiger partial charge in [-0.2, -0.15) is 0 Å². The van der Waals surface area contributed by atoms with E-state index in [1.165, 1.54) is 0 Å². The van der Waals surface area contributed by atoms with Gasteiger partial charge in [-0.1, -0.05) is 47.5 Å². The molecule has 2 aromatic carbocycles. The van der Waals surface area contributed by atoms with Gasteiger partial charge in [0.1, 0.15) is 6.42 Å². The molecular formula is C19H19Cl2N3O2. The summed E-state index contributed by atoms with van der Waals surface area (Å²) in [5.74, 6) is -0.617. The van der Waals surface area contributed by atoms with Crippen LogP contribution in [0.15, 0.2) is 48.5 Å². The Kier molecular flexibility index (Phi) is 6.01. The average Bonchev–Trinajstić information content (AvgIpc) is 2.66. The van der Waals surface area contributed by atoms with Crippen molar-refractivity contribution in [1.29, 1.82) is 0 Å². The predicted octanol–water partition coefficient (Wildman–Crippen LogP) is 3.67. The maximum atomic E-state index is 12.4. The summed E-state index contributed by atoms with van der Waals surface area (Å²) < 4.78 is 0. The lowest BCUT2D eigenvalue weighted by Gasteiger charge is -2.36. The largest absolute Gasteiger partial charge is 0.368 e. The number of hydrogen-bond donors (Lipinski definition) is 1. The average molecular weight is 392 g/mol. The van der Waals surface area contributed by atoms with Crippen LogP contribution in [-0.4, -0.2) is 42.9 Å². The SMILES string of the molecule is O=C(CC(=O)N1CCN(c2ccccc2)CC1)Nc1c(Cl)cccc1Cl. The summed E-state index contributed by atoms with van der Waals surface area (Å²) in [6.45, 7) is 2.67. The van der Waals surface area contributed by atoms with Crippen LogP contribution in [0, 0.1) is 0 Å². The van der Waals surface area contributed by atoms with Crippen LogP contribution in [0.1, 0.15) is 6.42 Å². The number of nitrogens with one attached hydrogen (secondary N) is 1. The Labute approximate surface area is 162 Å². The second-order valence-corrected chi connectivity index (χ2v) is 6.84. The predicted molar refractivity (Wildman–Crippen MR) is 105 cm³/mol. The molecule has 1 aliphatic rings. The first kappa shape index (κ1) is 18.5. The van der Waals surface area contributed by atoms with E-state index in [1.807, 2.05) is 18.2 Å². The van der Waals surface area contributed by atoms with E-state index < -0.39 is 5.91 Å². The minimum Gasteiger partial charge on any atom is -0.368 e. The summed E-state index contributed by atoms with van der Waals surface area (Å²) in [6.07, 6.45) is -0.229. The summed E-state index contributed by atoms with van der Waals surface area (Å²) in [4.78, 5) is 28.5. The van der Waals surface area contributed by atoms with Gasteiger partial charge >= 0.3 is 0 Å². The van der Waals surface area contributed by atoms with Gasteiger partial charge in [-0.05, 0) is 24.3 Å². The molecule has 0 aromatic heterocycles. The smallest absolute Gasteiger partial charge is 0.233 e. The number of carbonyl (C=O) groups excluding carboxylic acids is 2. The Hall–Kier alpha value is -2.24. The van der Waals surface area contributed by atoms with Crippen LogP contribution in [-0.2, 0) is 9.59 Å². The van der Waals surface area contributed by atoms with Crippen molar-refractivity contribution in [2.24, 2.45) is 0 Å². The molecule has 136 valence electrons. The number of piperazine rings is 1. The molecule has 3 rings (SSSR count). The van der Waals surface area contributed by atoms with Crippen LogP contribution in [0.5, 0.6) is 0 Å². The molecule has 5 nitrogen and oxygen atoms in total. The van der Waals surface area contributed by atoms with Gasteiger partial charge in [0.25, 0.3) is 0 Å². The number of benzene rings is 2. The van der Waals surface area contributed by atoms with Crippen molar-refractivity contribution in [1.82, 2.24) is 4.90 Å². The van der Waals surface area contributed by atoms with Crippen LogP contribution < -0.4 is 10.2 Å². The third-order valence-electron chi connectivity index (χ3n) is 4.29. The summed E-state index contributed by atoms with van der Waals surface area (Å²) in [7, 11) is 0. The van der Waals surface area contributed by atoms with Gasteiger partial charge in [0, 0.05) is 31.9 Å². The first-order valence-electron chi connectivity index (χ1n) is 8.36. The minimum atomic E-state index is -0.421. The van der Waals surface area contributed by atoms with Crippen molar-refractivity contribution in [3.63, 3.8) is 0 Å². The van der Waals surface area contributed by atoms with E-state index in [4.69, 9.17) is 23.2 Å². The van der Waals surface area contributed by atoms with Gasteiger partial charge in [-0.25, -0.2) is 0 Å². The molecule has 1 aliphatic heterocycles. The van der Waals surface area contributed by atoms with Crippen molar-refractivity contribution in [2.75, 3.05) is 36.4 Å². The van der Waals surface area contributed by atoms with E-state index in [2.05, 4.69) is 22.3 Å². The molecule has 1 fully saturated rings. The lowest BCUT2D eigenvalue weighted by atomic mass is 10.2. The number of nitrogens with zero attached hydrogens (tertiary/aromatic N) is 2. The van der Waals surface area contributed by atoms with E-state index in [0.29, 0.717) is 28.8 Å². The molecule has 0 saturated carbocycles. The van der Waals surface area contributed by atoms with Crippen molar-refractivity contribution in [3.8, 4) is 0 Å². The molecule has 0 radical (unpaired) electrons. The number of hydrogen-bond acceptors (Lipinski definition) is 3. The van der Waals surface area contributed by atoms with E-state index in [-0.39, 0.29) is 12.3 Å². The normalized spacial score (nSPS) is 14.2. The van der Waals surface area contributed by atoms with E-state index in [0.717, 1.165) is 18.8 Å². The number of rotatable bonds is 4. The third-order valence-corrected chi connectivity index (χ3v) is 4.92. The number of halogens is 2. The van der Waals surface area contributed by atoms with Gasteiger partial charge in [0.05, 0.1) is 15.7 Å². The first-order chi connectivity index (χ1) is 12.5. The molecule has 0 atom stereocenters. The van der Waals surface area contributed by atoms with Crippen molar-refractivity contribution >= 4 is 46.4 Å². The fourth-order valence-corrected chi connectivity index (χ4v) is 3.39. The van der Waals surface area contributed by atoms with Crippen molar-refractivity contribution in [3.05, 3.63) is 58.6 Å². The fraction of sp³-hybridized carbons (Fsp3) is 0.263. The standard InChI is InChI=1S/C19H19Cl2N3O2/c20-15-7-4-8-16(21)19(15)22-17(25)13-18(26)24-11-9-23(10-12-24)14-5-2-1-3-6-14/h1-8H,9-13H2,(H,22,25). The van der Waals surface area contributed by atoms with Gasteiger partial charge in [0.2, 0.25) is 11.8 Å². The van der Waals surface area contributed by atoms with Crippen LogP contribution >= 0.6 is 23.2 Å². The minimum absolute atomic E-state index is 0.196. The summed E-state index contributed by atoms with van der Waals surface area (Å²) in [5.41, 5.74) is 1.48. The topological polar surface area (TPSA) is 52.7 Å². The van der Waals surface area contributed by atoms with Crippen LogP contribution in [0.2, 0.25) is 10.0 Å². The zero-order chi connectivity index (χ0) is 18.5. The third kappa shape index (κ3) is 4.48. The maximum absolute atomic E-state index is 12.4. The molecule has 1 saturated heterocycles. The molecular weight excluding hydrogens is 373 g/mol. The lowest BCUT2D eigenvalue weighted by molar-refractivity contribution is -0.134. The van der Waals surface area contributed by atoms with Crippen LogP contribution in [0.3, 0.4) is 0 Å². The van der Waals surface area contributed by atoms with Crippen molar-refractivity contribution < 1.29 is 9.59 Å². The quantitative estimate of drug-likeness (QED) is 0.808. The molecule has 1 heterocycles. The molecule has 0 bridgehead atoms. The molecule has 2 aromatic rings. The molecule has 26 heavy (non-hydrogen) atoms. The van der Waals surface area contributed by atoms with Crippen molar-refractivity contribution in [2.45, 2.75) is 6.42 Å². The van der Waals surface area contributed by atoms with E-state index >= 15 is 0 Å². The van der Waals surface area contributed by atoms with Gasteiger partial charge in [0.15, 0.2) is 0 Å². The summed E-state index contributed by atoms with van der Waals surface area (Å²) in [5, 5.41) is 3.31. The molecule has 0 spiro atoms. The molecule has 2 amide bonds. The van der Waals surface area contributed by atoms with Crippen LogP contribution in [0.4, 0.5) is 11.4 Å². The number of amides is 2. The van der Waals surface area contributed by atoms with E-state index in [1.54, 1.807) is 23.1 Å². The summed E-state index contributed by atoms with van der Waals surface area (Å²) >= 11 is 12.1. The Bertz CT molecular complexity index is 770. The van der Waals surface area contributed by atoms with Gasteiger partial charge in [-0.15, -0.1) is 0 Å². The molecule has 0 unspecified atom stereocenters. The second-order valence-electron chi connectivity index (χ2n) is 6.02. The lowest BCUT2D eigenvalue weighted by Crippen LogP contribution is -2.49. The second kappa shape index (κ2) is 8.43. The number of para-hydroxylation sites is 2. The Morgan fingerprint density at radius 1 is 0.885 bits per heavy atom. The van der Waals surface area contributed by atoms with E-state index in [9.17, 15) is 9.59 Å². The Morgan fingerprint density at radius 2 is 1.50 bits per heavy atom. The monoisotopic (exact) mass is 391 g/mol. The maximum Gasteiger partial charge on any atom is 0.233 e. The highest BCUT2D eigenvalue weighted by Crippen LogP contribution is 2.29. The highest BCUT2D eigenvalue weighted by Gasteiger charge is 2.23. The highest BCUT2D eigenvalue weighted by atomic mass is 35.5. The zero-order valence-electron chi connectivity index (χ0n) is 14.1. The Morgan fingerprint density at radius 3 is 2.12 bits per heavy atom. The van der Waals surface area contributed by atoms with Gasteiger partial charge in [-0.3, -0.25) is 9.59 Å². The first-order valence-corrected chi connectivity index (χ1v) is 9.12. The van der Waals surface area contributed by atoms with Crippen LogP contribution in [0.25, 0.3) is 0 Å². The summed E-state index contributed by atoms with van der Waals surface area (Å²) in [6, 6.07) is 15.0. The number of anilines is 2. The Balaban J connectivity index is 1.52. The molecule has 7 heteroatoms. The molecule has 1 N–H and O–H groups in total. The molecule has 0 aliphatic carbocycles.